The molecule has 0 N–H and O–H groups in total. The number of carbonyl (C=O) groups excluding carboxylic acids is 1. The van der Waals surface area contributed by atoms with Crippen LogP contribution in [0, 0.1) is 11.3 Å². The maximum Gasteiger partial charge on any atom is 0.227 e. The van der Waals surface area contributed by atoms with Gasteiger partial charge in [0.15, 0.2) is 12.4 Å². The predicted molar refractivity (Wildman–Crippen MR) is 68.7 cm³/mol. The number of nitrogens with zero attached hydrogens (tertiary/aromatic N) is 2. The van der Waals surface area contributed by atoms with Gasteiger partial charge in [-0.25, -0.2) is 0 Å². The lowest BCUT2D eigenvalue weighted by Crippen LogP contribution is -2.37. The summed E-state index contributed by atoms with van der Waals surface area (Å²) >= 11 is 0. The molecule has 2 rings (SSSR count). The van der Waals surface area contributed by atoms with Gasteiger partial charge >= 0.3 is 0 Å². The van der Waals surface area contributed by atoms with Gasteiger partial charge in [0, 0.05) is 11.6 Å². The van der Waals surface area contributed by atoms with E-state index in [1.54, 1.807) is 60.5 Å². The first-order valence-electron chi connectivity index (χ1n) is 5.79. The van der Waals surface area contributed by atoms with Gasteiger partial charge in [-0.2, -0.15) is 9.83 Å². The largest absolute Gasteiger partial charge is 0.497 e. The SMILES string of the molecule is COc1cccc(C(=O)C[n+]2cccc(C#N)c2)c1. The Kier molecular flexibility index (Phi) is 3.89. The van der Waals surface area contributed by atoms with Crippen molar-refractivity contribution in [3.05, 3.63) is 59.9 Å². The number of methoxy groups -OCH3 is 1. The molecule has 0 atom stereocenters. The third-order valence-electron chi connectivity index (χ3n) is 2.71. The van der Waals surface area contributed by atoms with Crippen molar-refractivity contribution in [2.24, 2.45) is 0 Å². The molecule has 0 aliphatic heterocycles. The summed E-state index contributed by atoms with van der Waals surface area (Å²) in [4.78, 5) is 12.1. The van der Waals surface area contributed by atoms with Crippen LogP contribution in [0.2, 0.25) is 0 Å². The molecule has 19 heavy (non-hydrogen) atoms. The van der Waals surface area contributed by atoms with Crippen LogP contribution in [0.3, 0.4) is 0 Å². The van der Waals surface area contributed by atoms with Crippen molar-refractivity contribution >= 4 is 5.78 Å². The summed E-state index contributed by atoms with van der Waals surface area (Å²) in [7, 11) is 1.56. The lowest BCUT2D eigenvalue weighted by molar-refractivity contribution is -0.683. The molecule has 0 aliphatic rings. The van der Waals surface area contributed by atoms with E-state index < -0.39 is 0 Å². The molecular formula is C15H13N2O2+. The van der Waals surface area contributed by atoms with Crippen LogP contribution in [0.4, 0.5) is 0 Å². The van der Waals surface area contributed by atoms with E-state index in [2.05, 4.69) is 0 Å². The zero-order valence-electron chi connectivity index (χ0n) is 10.5. The molecule has 0 saturated carbocycles. The fourth-order valence-electron chi connectivity index (χ4n) is 1.74. The highest BCUT2D eigenvalue weighted by molar-refractivity contribution is 5.95. The van der Waals surface area contributed by atoms with E-state index in [-0.39, 0.29) is 12.3 Å². The lowest BCUT2D eigenvalue weighted by atomic mass is 10.1. The number of aromatic nitrogens is 1. The highest BCUT2D eigenvalue weighted by atomic mass is 16.5. The monoisotopic (exact) mass is 253 g/mol. The third kappa shape index (κ3) is 3.17. The Labute approximate surface area is 111 Å². The fourth-order valence-corrected chi connectivity index (χ4v) is 1.74. The molecule has 0 spiro atoms. The van der Waals surface area contributed by atoms with E-state index in [0.29, 0.717) is 16.9 Å². The number of hydrogen-bond donors (Lipinski definition) is 0. The third-order valence-corrected chi connectivity index (χ3v) is 2.71. The first-order chi connectivity index (χ1) is 9.22. The van der Waals surface area contributed by atoms with Gasteiger partial charge < -0.3 is 4.74 Å². The molecule has 0 fully saturated rings. The normalized spacial score (nSPS) is 9.68. The summed E-state index contributed by atoms with van der Waals surface area (Å²) < 4.78 is 6.78. The average molecular weight is 253 g/mol. The molecule has 4 heteroatoms. The number of rotatable bonds is 4. The second-order valence-corrected chi connectivity index (χ2v) is 4.03. The number of benzene rings is 1. The second kappa shape index (κ2) is 5.78. The minimum Gasteiger partial charge on any atom is -0.497 e. The van der Waals surface area contributed by atoms with E-state index in [0.717, 1.165) is 0 Å². The molecule has 1 aromatic carbocycles. The zero-order valence-corrected chi connectivity index (χ0v) is 10.5. The highest BCUT2D eigenvalue weighted by Crippen LogP contribution is 2.12. The zero-order chi connectivity index (χ0) is 13.7. The number of hydrogen-bond acceptors (Lipinski definition) is 3. The highest BCUT2D eigenvalue weighted by Gasteiger charge is 2.13. The van der Waals surface area contributed by atoms with Crippen LogP contribution >= 0.6 is 0 Å². The summed E-state index contributed by atoms with van der Waals surface area (Å²) in [5, 5.41) is 8.82. The molecule has 0 radical (unpaired) electrons. The molecule has 0 bridgehead atoms. The van der Waals surface area contributed by atoms with Crippen molar-refractivity contribution in [1.29, 1.82) is 5.26 Å². The Morgan fingerprint density at radius 3 is 2.95 bits per heavy atom. The van der Waals surface area contributed by atoms with Crippen LogP contribution in [-0.4, -0.2) is 12.9 Å². The number of ether oxygens (including phenoxy) is 1. The summed E-state index contributed by atoms with van der Waals surface area (Å²) in [5.41, 5.74) is 1.12. The fraction of sp³-hybridized carbons (Fsp3) is 0.133. The minimum absolute atomic E-state index is 0.0287. The van der Waals surface area contributed by atoms with Crippen LogP contribution in [0.1, 0.15) is 15.9 Å². The van der Waals surface area contributed by atoms with Crippen LogP contribution in [-0.2, 0) is 6.54 Å². The first-order valence-corrected chi connectivity index (χ1v) is 5.79. The van der Waals surface area contributed by atoms with Crippen LogP contribution in [0.25, 0.3) is 0 Å². The van der Waals surface area contributed by atoms with Crippen molar-refractivity contribution in [2.75, 3.05) is 7.11 Å². The van der Waals surface area contributed by atoms with E-state index in [9.17, 15) is 4.79 Å². The topological polar surface area (TPSA) is 54.0 Å². The number of pyridine rings is 1. The summed E-state index contributed by atoms with van der Waals surface area (Å²) in [5.74, 6) is 0.626. The minimum atomic E-state index is -0.0287. The maximum atomic E-state index is 12.1. The Balaban J connectivity index is 2.18. The second-order valence-electron chi connectivity index (χ2n) is 4.03. The Hall–Kier alpha value is -2.67. The Morgan fingerprint density at radius 2 is 2.21 bits per heavy atom. The lowest BCUT2D eigenvalue weighted by Gasteiger charge is -2.02. The molecule has 2 aromatic rings. The quantitative estimate of drug-likeness (QED) is 0.616. The summed E-state index contributed by atoms with van der Waals surface area (Å²) in [6, 6.07) is 12.5. The molecule has 1 heterocycles. The number of Topliss-reactive ketones (excluding diaryl/α,β-unsaturated/α-hetero) is 1. The Morgan fingerprint density at radius 1 is 1.37 bits per heavy atom. The molecule has 94 valence electrons. The van der Waals surface area contributed by atoms with Gasteiger partial charge in [0.2, 0.25) is 12.3 Å². The van der Waals surface area contributed by atoms with Gasteiger partial charge in [-0.3, -0.25) is 4.79 Å². The van der Waals surface area contributed by atoms with E-state index in [4.69, 9.17) is 10.00 Å². The van der Waals surface area contributed by atoms with Crippen molar-refractivity contribution in [1.82, 2.24) is 0 Å². The van der Waals surface area contributed by atoms with Crippen LogP contribution < -0.4 is 9.30 Å². The molecular weight excluding hydrogens is 240 g/mol. The van der Waals surface area contributed by atoms with Crippen molar-refractivity contribution in [3.63, 3.8) is 0 Å². The van der Waals surface area contributed by atoms with Crippen molar-refractivity contribution < 1.29 is 14.1 Å². The molecule has 0 saturated heterocycles. The van der Waals surface area contributed by atoms with E-state index >= 15 is 0 Å². The average Bonchev–Trinajstić information content (AvgIpc) is 2.47. The number of ketones is 1. The summed E-state index contributed by atoms with van der Waals surface area (Å²) in [6.45, 7) is 0.197. The summed E-state index contributed by atoms with van der Waals surface area (Å²) in [6.07, 6.45) is 3.41. The van der Waals surface area contributed by atoms with Gasteiger partial charge in [-0.15, -0.1) is 0 Å². The molecule has 4 nitrogen and oxygen atoms in total. The van der Waals surface area contributed by atoms with Crippen LogP contribution in [0.5, 0.6) is 5.75 Å². The molecule has 0 amide bonds. The van der Waals surface area contributed by atoms with Crippen molar-refractivity contribution in [2.45, 2.75) is 6.54 Å². The number of nitriles is 1. The Bertz CT molecular complexity index is 645. The molecule has 0 unspecified atom stereocenters. The van der Waals surface area contributed by atoms with Gasteiger partial charge in [-0.1, -0.05) is 12.1 Å². The maximum absolute atomic E-state index is 12.1. The molecule has 0 aliphatic carbocycles. The number of carbonyl (C=O) groups is 1. The van der Waals surface area contributed by atoms with Gasteiger partial charge in [0.25, 0.3) is 0 Å². The van der Waals surface area contributed by atoms with Gasteiger partial charge in [0.1, 0.15) is 17.4 Å². The predicted octanol–water partition coefficient (Wildman–Crippen LogP) is 1.74. The van der Waals surface area contributed by atoms with Gasteiger partial charge in [0.05, 0.1) is 7.11 Å². The van der Waals surface area contributed by atoms with E-state index in [1.807, 2.05) is 6.07 Å². The first kappa shape index (κ1) is 12.8. The smallest absolute Gasteiger partial charge is 0.227 e. The molecule has 1 aromatic heterocycles. The van der Waals surface area contributed by atoms with Gasteiger partial charge in [-0.05, 0) is 18.2 Å². The van der Waals surface area contributed by atoms with E-state index in [1.165, 1.54) is 0 Å². The van der Waals surface area contributed by atoms with Crippen molar-refractivity contribution in [3.8, 4) is 11.8 Å². The standard InChI is InChI=1S/C15H13N2O2/c1-19-14-6-2-5-13(8-14)15(18)11-17-7-3-4-12(9-16)10-17/h2-8,10H,11H2,1H3/q+1. The van der Waals surface area contributed by atoms with Crippen LogP contribution in [0.15, 0.2) is 48.8 Å².